The fourth-order valence-corrected chi connectivity index (χ4v) is 1.78. The van der Waals surface area contributed by atoms with Crippen molar-refractivity contribution in [3.05, 3.63) is 0 Å². The van der Waals surface area contributed by atoms with E-state index in [9.17, 15) is 15.0 Å². The van der Waals surface area contributed by atoms with Crippen LogP contribution in [0.2, 0.25) is 0 Å². The molecule has 1 aliphatic rings. The van der Waals surface area contributed by atoms with Crippen molar-refractivity contribution in [1.82, 2.24) is 5.32 Å². The quantitative estimate of drug-likeness (QED) is 0.357. The van der Waals surface area contributed by atoms with Gasteiger partial charge in [-0.05, 0) is 0 Å². The van der Waals surface area contributed by atoms with Gasteiger partial charge < -0.3 is 35.2 Å². The number of amides is 1. The summed E-state index contributed by atoms with van der Waals surface area (Å²) in [4.78, 5) is 11.0. The SMILES string of the molecule is CC(=O)N[C@H]1[C@H](OCCO)O[C@H](CO)[C@@H](O)[C@@H]1O. The largest absolute Gasteiger partial charge is 0.394 e. The molecular weight excluding hydrogens is 246 g/mol. The number of aliphatic hydroxyl groups is 4. The molecule has 0 radical (unpaired) electrons. The van der Waals surface area contributed by atoms with Crippen LogP contribution in [0.25, 0.3) is 0 Å². The first-order chi connectivity index (χ1) is 8.51. The summed E-state index contributed by atoms with van der Waals surface area (Å²) in [7, 11) is 0. The van der Waals surface area contributed by atoms with Crippen LogP contribution in [-0.4, -0.2) is 76.8 Å². The molecule has 0 aliphatic carbocycles. The molecule has 8 heteroatoms. The van der Waals surface area contributed by atoms with Crippen LogP contribution in [0.3, 0.4) is 0 Å². The second kappa shape index (κ2) is 6.98. The van der Waals surface area contributed by atoms with E-state index in [1.165, 1.54) is 6.92 Å². The molecule has 106 valence electrons. The lowest BCUT2D eigenvalue weighted by Crippen LogP contribution is -2.64. The van der Waals surface area contributed by atoms with E-state index in [0.29, 0.717) is 0 Å². The number of ether oxygens (including phenoxy) is 2. The number of carbonyl (C=O) groups is 1. The average Bonchev–Trinajstić information content (AvgIpc) is 2.33. The van der Waals surface area contributed by atoms with Gasteiger partial charge in [-0.15, -0.1) is 0 Å². The molecule has 0 aromatic carbocycles. The lowest BCUT2D eigenvalue weighted by Gasteiger charge is -2.42. The Labute approximate surface area is 104 Å². The molecule has 0 bridgehead atoms. The molecule has 5 N–H and O–H groups in total. The molecule has 0 spiro atoms. The van der Waals surface area contributed by atoms with Crippen molar-refractivity contribution in [3.63, 3.8) is 0 Å². The van der Waals surface area contributed by atoms with Gasteiger partial charge >= 0.3 is 0 Å². The molecule has 1 saturated heterocycles. The van der Waals surface area contributed by atoms with Gasteiger partial charge in [0, 0.05) is 6.92 Å². The number of rotatable bonds is 5. The molecule has 0 unspecified atom stereocenters. The van der Waals surface area contributed by atoms with Crippen LogP contribution in [0, 0.1) is 0 Å². The lowest BCUT2D eigenvalue weighted by atomic mass is 9.97. The monoisotopic (exact) mass is 265 g/mol. The fourth-order valence-electron chi connectivity index (χ4n) is 1.78. The van der Waals surface area contributed by atoms with Crippen LogP contribution in [0.1, 0.15) is 6.92 Å². The van der Waals surface area contributed by atoms with Gasteiger partial charge in [0.15, 0.2) is 6.29 Å². The number of carbonyl (C=O) groups excluding carboxylic acids is 1. The summed E-state index contributed by atoms with van der Waals surface area (Å²) < 4.78 is 10.4. The summed E-state index contributed by atoms with van der Waals surface area (Å²) in [6.45, 7) is 0.446. The van der Waals surface area contributed by atoms with Gasteiger partial charge in [0.2, 0.25) is 5.91 Å². The third kappa shape index (κ3) is 3.61. The second-order valence-corrected chi connectivity index (χ2v) is 4.03. The Kier molecular flexibility index (Phi) is 5.93. The van der Waals surface area contributed by atoms with E-state index in [1.807, 2.05) is 0 Å². The highest BCUT2D eigenvalue weighted by Gasteiger charge is 2.45. The summed E-state index contributed by atoms with van der Waals surface area (Å²) in [5, 5.41) is 39.6. The van der Waals surface area contributed by atoms with Crippen LogP contribution >= 0.6 is 0 Å². The predicted molar refractivity (Wildman–Crippen MR) is 58.4 cm³/mol. The first kappa shape index (κ1) is 15.3. The second-order valence-electron chi connectivity index (χ2n) is 4.03. The van der Waals surface area contributed by atoms with Crippen molar-refractivity contribution >= 4 is 5.91 Å². The third-order valence-corrected chi connectivity index (χ3v) is 2.62. The Morgan fingerprint density at radius 3 is 2.50 bits per heavy atom. The van der Waals surface area contributed by atoms with Crippen LogP contribution in [0.15, 0.2) is 0 Å². The maximum atomic E-state index is 11.0. The normalized spacial score (nSPS) is 36.4. The molecule has 8 nitrogen and oxygen atoms in total. The van der Waals surface area contributed by atoms with E-state index in [0.717, 1.165) is 0 Å². The Morgan fingerprint density at radius 1 is 1.33 bits per heavy atom. The van der Waals surface area contributed by atoms with Crippen LogP contribution in [0.4, 0.5) is 0 Å². The summed E-state index contributed by atoms with van der Waals surface area (Å²) in [5.41, 5.74) is 0. The van der Waals surface area contributed by atoms with Crippen molar-refractivity contribution in [2.24, 2.45) is 0 Å². The van der Waals surface area contributed by atoms with Crippen molar-refractivity contribution in [2.75, 3.05) is 19.8 Å². The molecule has 1 heterocycles. The Hall–Kier alpha value is -0.770. The van der Waals surface area contributed by atoms with Crippen LogP contribution in [0.5, 0.6) is 0 Å². The topological polar surface area (TPSA) is 128 Å². The van der Waals surface area contributed by atoms with Gasteiger partial charge in [0.1, 0.15) is 24.4 Å². The first-order valence-electron chi connectivity index (χ1n) is 5.63. The molecule has 1 amide bonds. The predicted octanol–water partition coefficient (Wildman–Crippen LogP) is -3.06. The van der Waals surface area contributed by atoms with Gasteiger partial charge in [0.25, 0.3) is 0 Å². The Morgan fingerprint density at radius 2 is 2.00 bits per heavy atom. The minimum atomic E-state index is -1.33. The zero-order valence-corrected chi connectivity index (χ0v) is 10.0. The Bertz CT molecular complexity index is 275. The highest BCUT2D eigenvalue weighted by Crippen LogP contribution is 2.22. The van der Waals surface area contributed by atoms with E-state index in [2.05, 4.69) is 5.32 Å². The van der Waals surface area contributed by atoms with Crippen molar-refractivity contribution in [2.45, 2.75) is 37.6 Å². The van der Waals surface area contributed by atoms with E-state index in [4.69, 9.17) is 19.7 Å². The summed E-state index contributed by atoms with van der Waals surface area (Å²) >= 11 is 0. The zero-order valence-electron chi connectivity index (χ0n) is 10.0. The molecule has 18 heavy (non-hydrogen) atoms. The molecule has 0 aromatic rings. The standard InChI is InChI=1S/C10H19NO7/c1-5(14)11-7-9(16)8(15)6(4-13)18-10(7)17-3-2-12/h6-10,12-13,15-16H,2-4H2,1H3,(H,11,14)/t6-,7-,8-,9-,10-/m1/s1. The Balaban J connectivity index is 2.76. The van der Waals surface area contributed by atoms with Crippen LogP contribution in [-0.2, 0) is 14.3 Å². The maximum Gasteiger partial charge on any atom is 0.217 e. The van der Waals surface area contributed by atoms with Gasteiger partial charge in [-0.25, -0.2) is 0 Å². The smallest absolute Gasteiger partial charge is 0.217 e. The minimum absolute atomic E-state index is 0.0539. The summed E-state index contributed by atoms with van der Waals surface area (Å²) in [6.07, 6.45) is -4.71. The average molecular weight is 265 g/mol. The maximum absolute atomic E-state index is 11.0. The minimum Gasteiger partial charge on any atom is -0.394 e. The van der Waals surface area contributed by atoms with Gasteiger partial charge in [-0.1, -0.05) is 0 Å². The fraction of sp³-hybridized carbons (Fsp3) is 0.900. The summed E-state index contributed by atoms with van der Waals surface area (Å²) in [6, 6.07) is -0.966. The van der Waals surface area contributed by atoms with Gasteiger partial charge in [-0.2, -0.15) is 0 Å². The third-order valence-electron chi connectivity index (χ3n) is 2.62. The van der Waals surface area contributed by atoms with Crippen molar-refractivity contribution < 1.29 is 34.7 Å². The molecule has 1 fully saturated rings. The number of aliphatic hydroxyl groups excluding tert-OH is 4. The molecular formula is C10H19NO7. The highest BCUT2D eigenvalue weighted by atomic mass is 16.7. The van der Waals surface area contributed by atoms with E-state index in [1.54, 1.807) is 0 Å². The van der Waals surface area contributed by atoms with Crippen LogP contribution < -0.4 is 5.32 Å². The molecule has 0 aromatic heterocycles. The van der Waals surface area contributed by atoms with Gasteiger partial charge in [0.05, 0.1) is 19.8 Å². The first-order valence-corrected chi connectivity index (χ1v) is 5.63. The van der Waals surface area contributed by atoms with Crippen molar-refractivity contribution in [1.29, 1.82) is 0 Å². The number of hydrogen-bond donors (Lipinski definition) is 5. The zero-order chi connectivity index (χ0) is 13.7. The van der Waals surface area contributed by atoms with Crippen molar-refractivity contribution in [3.8, 4) is 0 Å². The number of hydrogen-bond acceptors (Lipinski definition) is 7. The number of nitrogens with one attached hydrogen (secondary N) is 1. The highest BCUT2D eigenvalue weighted by molar-refractivity contribution is 5.73. The molecule has 5 atom stereocenters. The van der Waals surface area contributed by atoms with E-state index < -0.39 is 43.2 Å². The summed E-state index contributed by atoms with van der Waals surface area (Å²) in [5.74, 6) is -0.421. The molecule has 1 rings (SSSR count). The lowest BCUT2D eigenvalue weighted by molar-refractivity contribution is -0.271. The van der Waals surface area contributed by atoms with E-state index in [-0.39, 0.29) is 13.2 Å². The van der Waals surface area contributed by atoms with E-state index >= 15 is 0 Å². The molecule has 1 aliphatic heterocycles. The van der Waals surface area contributed by atoms with Gasteiger partial charge in [-0.3, -0.25) is 4.79 Å². The molecule has 0 saturated carbocycles.